The average Bonchev–Trinajstić information content (AvgIpc) is 2.51. The Bertz CT molecular complexity index is 710. The Balaban J connectivity index is 2.11. The van der Waals surface area contributed by atoms with Gasteiger partial charge in [-0.1, -0.05) is 0 Å². The number of hydrogen-bond donors (Lipinski definition) is 1. The summed E-state index contributed by atoms with van der Waals surface area (Å²) in [7, 11) is 0. The number of anilines is 1. The van der Waals surface area contributed by atoms with Crippen molar-refractivity contribution in [1.82, 2.24) is 4.57 Å². The molecule has 22 heavy (non-hydrogen) atoms. The number of nitrogens with zero attached hydrogens (tertiary/aromatic N) is 1. The molecule has 2 rings (SSSR count). The van der Waals surface area contributed by atoms with E-state index < -0.39 is 23.3 Å². The van der Waals surface area contributed by atoms with Gasteiger partial charge in [-0.2, -0.15) is 0 Å². The van der Waals surface area contributed by atoms with Crippen LogP contribution in [0.3, 0.4) is 0 Å². The summed E-state index contributed by atoms with van der Waals surface area (Å²) in [5.74, 6) is -0.271. The number of amides is 1. The summed E-state index contributed by atoms with van der Waals surface area (Å²) >= 11 is 0. The van der Waals surface area contributed by atoms with Crippen LogP contribution in [-0.4, -0.2) is 17.1 Å². The third-order valence-corrected chi connectivity index (χ3v) is 3.13. The van der Waals surface area contributed by atoms with Gasteiger partial charge in [0.2, 0.25) is 5.91 Å². The first kappa shape index (κ1) is 15.8. The standard InChI is InChI=1S/C16H17FN2O3/c1-3-22-14-7-5-13(6-8-14)18-16(21)11(2)19-10-12(17)4-9-15(19)20/h4-11H,3H2,1-2H3,(H,18,21). The summed E-state index contributed by atoms with van der Waals surface area (Å²) in [6.07, 6.45) is 1.02. The van der Waals surface area contributed by atoms with Gasteiger partial charge in [0.25, 0.3) is 5.56 Å². The van der Waals surface area contributed by atoms with Crippen molar-refractivity contribution in [3.8, 4) is 5.75 Å². The Labute approximate surface area is 127 Å². The highest BCUT2D eigenvalue weighted by atomic mass is 19.1. The number of benzene rings is 1. The number of carbonyl (C=O) groups excluding carboxylic acids is 1. The van der Waals surface area contributed by atoms with E-state index in [1.807, 2.05) is 6.92 Å². The monoisotopic (exact) mass is 304 g/mol. The van der Waals surface area contributed by atoms with Gasteiger partial charge in [0, 0.05) is 18.0 Å². The van der Waals surface area contributed by atoms with E-state index in [-0.39, 0.29) is 0 Å². The van der Waals surface area contributed by atoms with Crippen LogP contribution in [0.15, 0.2) is 47.4 Å². The van der Waals surface area contributed by atoms with Crippen LogP contribution >= 0.6 is 0 Å². The van der Waals surface area contributed by atoms with Crippen molar-refractivity contribution in [3.63, 3.8) is 0 Å². The predicted octanol–water partition coefficient (Wildman–Crippen LogP) is 2.59. The molecule has 0 saturated carbocycles. The summed E-state index contributed by atoms with van der Waals surface area (Å²) in [6.45, 7) is 3.98. The van der Waals surface area contributed by atoms with E-state index in [9.17, 15) is 14.0 Å². The lowest BCUT2D eigenvalue weighted by Crippen LogP contribution is -2.31. The van der Waals surface area contributed by atoms with Crippen molar-refractivity contribution in [2.75, 3.05) is 11.9 Å². The molecule has 1 unspecified atom stereocenters. The molecule has 0 aliphatic carbocycles. The van der Waals surface area contributed by atoms with Crippen LogP contribution in [0.2, 0.25) is 0 Å². The molecule has 2 aromatic rings. The Hall–Kier alpha value is -2.63. The number of halogens is 1. The minimum Gasteiger partial charge on any atom is -0.494 e. The first-order valence-corrected chi connectivity index (χ1v) is 6.92. The number of pyridine rings is 1. The lowest BCUT2D eigenvalue weighted by atomic mass is 10.2. The maximum atomic E-state index is 13.2. The molecule has 0 fully saturated rings. The van der Waals surface area contributed by atoms with Gasteiger partial charge < -0.3 is 14.6 Å². The summed E-state index contributed by atoms with van der Waals surface area (Å²) in [5.41, 5.74) is 0.139. The highest BCUT2D eigenvalue weighted by molar-refractivity contribution is 5.93. The minimum absolute atomic E-state index is 0.406. The van der Waals surface area contributed by atoms with Gasteiger partial charge >= 0.3 is 0 Å². The highest BCUT2D eigenvalue weighted by Gasteiger charge is 2.16. The molecule has 0 bridgehead atoms. The first-order valence-electron chi connectivity index (χ1n) is 6.92. The van der Waals surface area contributed by atoms with Gasteiger partial charge in [0.15, 0.2) is 0 Å². The molecular weight excluding hydrogens is 287 g/mol. The number of hydrogen-bond acceptors (Lipinski definition) is 3. The smallest absolute Gasteiger partial charge is 0.251 e. The molecular formula is C16H17FN2O3. The number of rotatable bonds is 5. The number of ether oxygens (including phenoxy) is 1. The highest BCUT2D eigenvalue weighted by Crippen LogP contribution is 2.17. The maximum absolute atomic E-state index is 13.2. The van der Waals surface area contributed by atoms with Crippen molar-refractivity contribution in [1.29, 1.82) is 0 Å². The summed E-state index contributed by atoms with van der Waals surface area (Å²) in [5, 5.41) is 2.68. The molecule has 116 valence electrons. The van der Waals surface area contributed by atoms with E-state index in [4.69, 9.17) is 4.74 Å². The Morgan fingerprint density at radius 3 is 2.59 bits per heavy atom. The van der Waals surface area contributed by atoms with Gasteiger partial charge in [-0.3, -0.25) is 9.59 Å². The second-order valence-electron chi connectivity index (χ2n) is 4.72. The van der Waals surface area contributed by atoms with Gasteiger partial charge in [0.1, 0.15) is 17.6 Å². The maximum Gasteiger partial charge on any atom is 0.251 e. The van der Waals surface area contributed by atoms with E-state index >= 15 is 0 Å². The molecule has 0 spiro atoms. The van der Waals surface area contributed by atoms with Crippen molar-refractivity contribution in [2.24, 2.45) is 0 Å². The van der Waals surface area contributed by atoms with Crippen molar-refractivity contribution < 1.29 is 13.9 Å². The molecule has 1 N–H and O–H groups in total. The predicted molar refractivity (Wildman–Crippen MR) is 81.6 cm³/mol. The molecule has 1 aromatic heterocycles. The largest absolute Gasteiger partial charge is 0.494 e. The first-order chi connectivity index (χ1) is 10.5. The molecule has 1 aromatic carbocycles. The molecule has 1 heterocycles. The van der Waals surface area contributed by atoms with Crippen LogP contribution in [0, 0.1) is 5.82 Å². The van der Waals surface area contributed by atoms with Crippen molar-refractivity contribution in [2.45, 2.75) is 19.9 Å². The summed E-state index contributed by atoms with van der Waals surface area (Å²) in [6, 6.07) is 8.20. The fraction of sp³-hybridized carbons (Fsp3) is 0.250. The van der Waals surface area contributed by atoms with Crippen LogP contribution in [0.4, 0.5) is 10.1 Å². The fourth-order valence-corrected chi connectivity index (χ4v) is 1.95. The topological polar surface area (TPSA) is 60.3 Å². The zero-order valence-corrected chi connectivity index (χ0v) is 12.4. The van der Waals surface area contributed by atoms with E-state index in [0.717, 1.165) is 22.9 Å². The quantitative estimate of drug-likeness (QED) is 0.923. The molecule has 1 atom stereocenters. The van der Waals surface area contributed by atoms with Crippen LogP contribution in [0.25, 0.3) is 0 Å². The second kappa shape index (κ2) is 6.89. The summed E-state index contributed by atoms with van der Waals surface area (Å²) < 4.78 is 19.6. The van der Waals surface area contributed by atoms with Gasteiger partial charge in [-0.15, -0.1) is 0 Å². The Kier molecular flexibility index (Phi) is 4.93. The molecule has 0 aliphatic heterocycles. The molecule has 5 nitrogen and oxygen atoms in total. The average molecular weight is 304 g/mol. The van der Waals surface area contributed by atoms with E-state index in [1.54, 1.807) is 24.3 Å². The van der Waals surface area contributed by atoms with Crippen LogP contribution in [0.1, 0.15) is 19.9 Å². The minimum atomic E-state index is -0.824. The zero-order chi connectivity index (χ0) is 16.1. The lowest BCUT2D eigenvalue weighted by molar-refractivity contribution is -0.118. The van der Waals surface area contributed by atoms with E-state index in [0.29, 0.717) is 18.0 Å². The normalized spacial score (nSPS) is 11.8. The van der Waals surface area contributed by atoms with Gasteiger partial charge in [-0.05, 0) is 44.2 Å². The SMILES string of the molecule is CCOc1ccc(NC(=O)C(C)n2cc(F)ccc2=O)cc1. The number of aromatic nitrogens is 1. The van der Waals surface area contributed by atoms with Crippen molar-refractivity contribution >= 4 is 11.6 Å². The molecule has 0 saturated heterocycles. The zero-order valence-electron chi connectivity index (χ0n) is 12.4. The van der Waals surface area contributed by atoms with E-state index in [2.05, 4.69) is 5.32 Å². The van der Waals surface area contributed by atoms with Gasteiger partial charge in [0.05, 0.1) is 6.61 Å². The molecule has 0 radical (unpaired) electrons. The fourth-order valence-electron chi connectivity index (χ4n) is 1.95. The third-order valence-electron chi connectivity index (χ3n) is 3.13. The Morgan fingerprint density at radius 1 is 1.27 bits per heavy atom. The molecule has 1 amide bonds. The van der Waals surface area contributed by atoms with Crippen LogP contribution < -0.4 is 15.6 Å². The second-order valence-corrected chi connectivity index (χ2v) is 4.72. The number of carbonyl (C=O) groups is 1. The number of nitrogens with one attached hydrogen (secondary N) is 1. The molecule has 0 aliphatic rings. The van der Waals surface area contributed by atoms with Crippen LogP contribution in [-0.2, 0) is 4.79 Å². The van der Waals surface area contributed by atoms with Crippen molar-refractivity contribution in [3.05, 3.63) is 58.8 Å². The summed E-state index contributed by atoms with van der Waals surface area (Å²) in [4.78, 5) is 23.8. The molecule has 6 heteroatoms. The van der Waals surface area contributed by atoms with Crippen LogP contribution in [0.5, 0.6) is 5.75 Å². The lowest BCUT2D eigenvalue weighted by Gasteiger charge is -2.15. The van der Waals surface area contributed by atoms with E-state index in [1.165, 1.54) is 6.92 Å². The van der Waals surface area contributed by atoms with Gasteiger partial charge in [-0.25, -0.2) is 4.39 Å². The third kappa shape index (κ3) is 3.72. The Morgan fingerprint density at radius 2 is 1.95 bits per heavy atom.